The molecule has 4 nitrogen and oxygen atoms in total. The number of carbonyl (C=O) groups is 1. The van der Waals surface area contributed by atoms with Crippen LogP contribution >= 0.6 is 11.3 Å². The molecule has 0 fully saturated rings. The Balaban J connectivity index is 2.48. The summed E-state index contributed by atoms with van der Waals surface area (Å²) < 4.78 is 13.0. The van der Waals surface area contributed by atoms with E-state index in [1.54, 1.807) is 11.6 Å². The number of carboxylic acid groups (broad SMARTS) is 1. The third-order valence-electron chi connectivity index (χ3n) is 1.89. The molecule has 0 radical (unpaired) electrons. The first-order chi connectivity index (χ1) is 7.66. The zero-order valence-corrected chi connectivity index (χ0v) is 8.79. The zero-order chi connectivity index (χ0) is 11.5. The molecule has 0 spiro atoms. The number of aromatic nitrogens is 1. The van der Waals surface area contributed by atoms with E-state index in [-0.39, 0.29) is 5.69 Å². The van der Waals surface area contributed by atoms with Crippen molar-refractivity contribution < 1.29 is 14.3 Å². The molecule has 16 heavy (non-hydrogen) atoms. The van der Waals surface area contributed by atoms with Gasteiger partial charge in [-0.05, 0) is 18.2 Å². The Morgan fingerprint density at radius 1 is 1.50 bits per heavy atom. The third-order valence-corrected chi connectivity index (χ3v) is 2.69. The maximum atomic E-state index is 13.0. The Morgan fingerprint density at radius 2 is 2.31 bits per heavy atom. The summed E-state index contributed by atoms with van der Waals surface area (Å²) in [6, 6.07) is 3.90. The molecule has 0 aliphatic heterocycles. The SMILES string of the molecule is O=C(O)Nc1cc(F)ccc1-c1nccs1. The van der Waals surface area contributed by atoms with Gasteiger partial charge in [0.15, 0.2) is 0 Å². The Kier molecular flexibility index (Phi) is 2.82. The van der Waals surface area contributed by atoms with Gasteiger partial charge >= 0.3 is 6.09 Å². The van der Waals surface area contributed by atoms with Crippen molar-refractivity contribution in [2.75, 3.05) is 5.32 Å². The van der Waals surface area contributed by atoms with Gasteiger partial charge in [-0.25, -0.2) is 14.2 Å². The van der Waals surface area contributed by atoms with Crippen LogP contribution < -0.4 is 5.32 Å². The van der Waals surface area contributed by atoms with Crippen LogP contribution in [0.3, 0.4) is 0 Å². The van der Waals surface area contributed by atoms with E-state index in [1.165, 1.54) is 23.5 Å². The lowest BCUT2D eigenvalue weighted by Gasteiger charge is -2.06. The topological polar surface area (TPSA) is 62.2 Å². The van der Waals surface area contributed by atoms with Gasteiger partial charge in [0.05, 0.1) is 5.69 Å². The molecule has 1 aromatic heterocycles. The van der Waals surface area contributed by atoms with E-state index in [4.69, 9.17) is 5.11 Å². The fraction of sp³-hybridized carbons (Fsp3) is 0. The Bertz CT molecular complexity index is 514. The van der Waals surface area contributed by atoms with E-state index >= 15 is 0 Å². The molecule has 1 aromatic carbocycles. The summed E-state index contributed by atoms with van der Waals surface area (Å²) in [6.07, 6.45) is 0.372. The van der Waals surface area contributed by atoms with Crippen molar-refractivity contribution in [3.63, 3.8) is 0 Å². The Labute approximate surface area is 94.4 Å². The summed E-state index contributed by atoms with van der Waals surface area (Å²) in [7, 11) is 0. The molecule has 1 heterocycles. The minimum Gasteiger partial charge on any atom is -0.465 e. The van der Waals surface area contributed by atoms with Gasteiger partial charge in [0, 0.05) is 17.1 Å². The maximum Gasteiger partial charge on any atom is 0.409 e. The van der Waals surface area contributed by atoms with Crippen molar-refractivity contribution in [1.82, 2.24) is 4.98 Å². The van der Waals surface area contributed by atoms with Gasteiger partial charge in [-0.3, -0.25) is 5.32 Å². The lowest BCUT2D eigenvalue weighted by molar-refractivity contribution is 0.210. The molecule has 0 aliphatic rings. The van der Waals surface area contributed by atoms with Crippen LogP contribution in [0.25, 0.3) is 10.6 Å². The minimum atomic E-state index is -1.23. The number of hydrogen-bond acceptors (Lipinski definition) is 3. The maximum absolute atomic E-state index is 13.0. The van der Waals surface area contributed by atoms with Crippen molar-refractivity contribution in [3.05, 3.63) is 35.6 Å². The molecule has 2 rings (SSSR count). The number of hydrogen-bond donors (Lipinski definition) is 2. The van der Waals surface area contributed by atoms with Gasteiger partial charge in [0.2, 0.25) is 0 Å². The molecule has 0 saturated heterocycles. The summed E-state index contributed by atoms with van der Waals surface area (Å²) >= 11 is 1.36. The quantitative estimate of drug-likeness (QED) is 0.845. The second kappa shape index (κ2) is 4.28. The first-order valence-electron chi connectivity index (χ1n) is 4.36. The van der Waals surface area contributed by atoms with E-state index < -0.39 is 11.9 Å². The van der Waals surface area contributed by atoms with Crippen LogP contribution in [-0.4, -0.2) is 16.2 Å². The molecule has 0 saturated carbocycles. The number of halogens is 1. The van der Waals surface area contributed by atoms with E-state index in [9.17, 15) is 9.18 Å². The normalized spacial score (nSPS) is 10.1. The van der Waals surface area contributed by atoms with Crippen LogP contribution in [0.2, 0.25) is 0 Å². The number of nitrogens with zero attached hydrogens (tertiary/aromatic N) is 1. The van der Waals surface area contributed by atoms with Crippen molar-refractivity contribution >= 4 is 23.1 Å². The van der Waals surface area contributed by atoms with Crippen LogP contribution in [0.5, 0.6) is 0 Å². The molecular weight excluding hydrogens is 231 g/mol. The average molecular weight is 238 g/mol. The number of thiazole rings is 1. The van der Waals surface area contributed by atoms with Gasteiger partial charge in [-0.15, -0.1) is 11.3 Å². The van der Waals surface area contributed by atoms with E-state index in [0.717, 1.165) is 6.07 Å². The molecule has 2 N–H and O–H groups in total. The predicted molar refractivity (Wildman–Crippen MR) is 59.2 cm³/mol. The smallest absolute Gasteiger partial charge is 0.409 e. The van der Waals surface area contributed by atoms with Crippen molar-refractivity contribution in [2.45, 2.75) is 0 Å². The fourth-order valence-corrected chi connectivity index (χ4v) is 1.96. The Hall–Kier alpha value is -1.95. The average Bonchev–Trinajstić information content (AvgIpc) is 2.69. The van der Waals surface area contributed by atoms with Gasteiger partial charge < -0.3 is 5.11 Å². The number of rotatable bonds is 2. The molecule has 0 bridgehead atoms. The number of anilines is 1. The van der Waals surface area contributed by atoms with Gasteiger partial charge in [0.1, 0.15) is 10.8 Å². The summed E-state index contributed by atoms with van der Waals surface area (Å²) in [6.45, 7) is 0. The highest BCUT2D eigenvalue weighted by Gasteiger charge is 2.10. The van der Waals surface area contributed by atoms with E-state index in [0.29, 0.717) is 10.6 Å². The van der Waals surface area contributed by atoms with Gasteiger partial charge in [0.25, 0.3) is 0 Å². The second-order valence-electron chi connectivity index (χ2n) is 2.96. The predicted octanol–water partition coefficient (Wildman–Crippen LogP) is 3.04. The summed E-state index contributed by atoms with van der Waals surface area (Å²) in [5.74, 6) is -0.496. The van der Waals surface area contributed by atoms with Crippen molar-refractivity contribution in [2.24, 2.45) is 0 Å². The lowest BCUT2D eigenvalue weighted by atomic mass is 10.2. The molecule has 0 unspecified atom stereocenters. The van der Waals surface area contributed by atoms with Crippen molar-refractivity contribution in [1.29, 1.82) is 0 Å². The summed E-state index contributed by atoms with van der Waals surface area (Å²) in [5.41, 5.74) is 0.765. The van der Waals surface area contributed by atoms with E-state index in [2.05, 4.69) is 10.3 Å². The summed E-state index contributed by atoms with van der Waals surface area (Å²) in [5, 5.41) is 13.2. The molecule has 0 aliphatic carbocycles. The van der Waals surface area contributed by atoms with Crippen LogP contribution in [0.4, 0.5) is 14.9 Å². The lowest BCUT2D eigenvalue weighted by Crippen LogP contribution is -2.08. The molecule has 0 atom stereocenters. The highest BCUT2D eigenvalue weighted by Crippen LogP contribution is 2.30. The molecular formula is C10H7FN2O2S. The number of nitrogens with one attached hydrogen (secondary N) is 1. The molecule has 82 valence electrons. The van der Waals surface area contributed by atoms with Crippen LogP contribution in [0, 0.1) is 5.82 Å². The van der Waals surface area contributed by atoms with Gasteiger partial charge in [-0.2, -0.15) is 0 Å². The summed E-state index contributed by atoms with van der Waals surface area (Å²) in [4.78, 5) is 14.6. The third kappa shape index (κ3) is 2.17. The molecule has 2 aromatic rings. The highest BCUT2D eigenvalue weighted by atomic mass is 32.1. The van der Waals surface area contributed by atoms with Crippen LogP contribution in [-0.2, 0) is 0 Å². The van der Waals surface area contributed by atoms with Crippen LogP contribution in [0.15, 0.2) is 29.8 Å². The Morgan fingerprint density at radius 3 is 2.94 bits per heavy atom. The fourth-order valence-electron chi connectivity index (χ4n) is 1.28. The monoisotopic (exact) mass is 238 g/mol. The second-order valence-corrected chi connectivity index (χ2v) is 3.85. The standard InChI is InChI=1S/C10H7FN2O2S/c11-6-1-2-7(9-12-3-4-16-9)8(5-6)13-10(14)15/h1-5,13H,(H,14,15). The van der Waals surface area contributed by atoms with E-state index in [1.807, 2.05) is 0 Å². The highest BCUT2D eigenvalue weighted by molar-refractivity contribution is 7.13. The number of amides is 1. The molecule has 1 amide bonds. The van der Waals surface area contributed by atoms with Crippen molar-refractivity contribution in [3.8, 4) is 10.6 Å². The first-order valence-corrected chi connectivity index (χ1v) is 5.24. The zero-order valence-electron chi connectivity index (χ0n) is 7.98. The first kappa shape index (κ1) is 10.6. The number of benzene rings is 1. The van der Waals surface area contributed by atoms with Crippen LogP contribution in [0.1, 0.15) is 0 Å². The van der Waals surface area contributed by atoms with Gasteiger partial charge in [-0.1, -0.05) is 0 Å². The largest absolute Gasteiger partial charge is 0.465 e. The minimum absolute atomic E-state index is 0.197. The molecule has 6 heteroatoms.